The van der Waals surface area contributed by atoms with Gasteiger partial charge in [0.1, 0.15) is 6.61 Å². The van der Waals surface area contributed by atoms with Gasteiger partial charge in [0.25, 0.3) is 0 Å². The Labute approximate surface area is 166 Å². The molecule has 0 radical (unpaired) electrons. The number of ether oxygens (including phenoxy) is 2. The Balaban J connectivity index is 1.59. The van der Waals surface area contributed by atoms with Crippen molar-refractivity contribution in [2.75, 3.05) is 7.11 Å². The molecule has 6 heteroatoms. The predicted octanol–water partition coefficient (Wildman–Crippen LogP) is 3.19. The molecule has 1 aromatic heterocycles. The summed E-state index contributed by atoms with van der Waals surface area (Å²) in [5, 5.41) is 3.03. The maximum atomic E-state index is 12.6. The zero-order chi connectivity index (χ0) is 20.0. The molecule has 2 atom stereocenters. The number of hydrogen-bond acceptors (Lipinski definition) is 5. The summed E-state index contributed by atoms with van der Waals surface area (Å²) in [5.74, 6) is 1.19. The minimum atomic E-state index is -0.427. The Kier molecular flexibility index (Phi) is 6.52. The summed E-state index contributed by atoms with van der Waals surface area (Å²) in [4.78, 5) is 16.7. The topological polar surface area (TPSA) is 86.5 Å². The summed E-state index contributed by atoms with van der Waals surface area (Å²) in [6.07, 6.45) is 7.39. The van der Waals surface area contributed by atoms with E-state index in [0.29, 0.717) is 24.7 Å². The van der Waals surface area contributed by atoms with Crippen LogP contribution >= 0.6 is 0 Å². The zero-order valence-electron chi connectivity index (χ0n) is 16.6. The van der Waals surface area contributed by atoms with Gasteiger partial charge >= 0.3 is 0 Å². The number of hydrogen-bond donors (Lipinski definition) is 2. The van der Waals surface area contributed by atoms with E-state index >= 15 is 0 Å². The number of carbonyl (C=O) groups excluding carboxylic acids is 1. The van der Waals surface area contributed by atoms with Gasteiger partial charge in [-0.3, -0.25) is 9.78 Å². The number of benzene rings is 1. The van der Waals surface area contributed by atoms with Crippen LogP contribution < -0.4 is 20.5 Å². The Hall–Kier alpha value is -2.60. The number of aromatic nitrogens is 1. The molecule has 0 saturated heterocycles. The molecule has 0 aliphatic heterocycles. The van der Waals surface area contributed by atoms with Crippen molar-refractivity contribution in [1.82, 2.24) is 10.3 Å². The molecule has 1 heterocycles. The third kappa shape index (κ3) is 5.01. The van der Waals surface area contributed by atoms with Gasteiger partial charge in [0.15, 0.2) is 11.5 Å². The molecule has 1 aliphatic carbocycles. The van der Waals surface area contributed by atoms with Gasteiger partial charge in [0.2, 0.25) is 5.91 Å². The molecule has 1 saturated carbocycles. The van der Waals surface area contributed by atoms with Crippen LogP contribution in [0, 0.1) is 5.92 Å². The van der Waals surface area contributed by atoms with Crippen LogP contribution in [0.25, 0.3) is 0 Å². The number of nitrogens with two attached hydrogens (primary N) is 1. The number of rotatable bonds is 7. The monoisotopic (exact) mass is 383 g/mol. The van der Waals surface area contributed by atoms with Crippen molar-refractivity contribution in [1.29, 1.82) is 0 Å². The average Bonchev–Trinajstić information content (AvgIpc) is 2.71. The van der Waals surface area contributed by atoms with E-state index in [1.807, 2.05) is 37.3 Å². The maximum Gasteiger partial charge on any atom is 0.225 e. The first kappa shape index (κ1) is 20.1. The summed E-state index contributed by atoms with van der Waals surface area (Å²) >= 11 is 0. The second-order valence-corrected chi connectivity index (χ2v) is 7.66. The molecule has 3 rings (SSSR count). The van der Waals surface area contributed by atoms with Crippen molar-refractivity contribution in [3.05, 3.63) is 53.9 Å². The van der Waals surface area contributed by atoms with Crippen LogP contribution in [-0.2, 0) is 17.9 Å². The van der Waals surface area contributed by atoms with Crippen LogP contribution in [0.5, 0.6) is 11.5 Å². The molecular formula is C22H29N3O3. The molecule has 6 nitrogen and oxygen atoms in total. The minimum absolute atomic E-state index is 0.0283. The number of pyridine rings is 1. The summed E-state index contributed by atoms with van der Waals surface area (Å²) < 4.78 is 11.3. The highest BCUT2D eigenvalue weighted by Crippen LogP contribution is 2.32. The van der Waals surface area contributed by atoms with E-state index in [-0.39, 0.29) is 11.8 Å². The number of methoxy groups -OCH3 is 1. The average molecular weight is 383 g/mol. The molecule has 0 spiro atoms. The van der Waals surface area contributed by atoms with E-state index in [0.717, 1.165) is 36.8 Å². The summed E-state index contributed by atoms with van der Waals surface area (Å²) in [7, 11) is 1.61. The van der Waals surface area contributed by atoms with Gasteiger partial charge in [-0.2, -0.15) is 0 Å². The van der Waals surface area contributed by atoms with Crippen molar-refractivity contribution >= 4 is 5.91 Å². The van der Waals surface area contributed by atoms with Gasteiger partial charge < -0.3 is 20.5 Å². The Morgan fingerprint density at radius 2 is 2.14 bits per heavy atom. The predicted molar refractivity (Wildman–Crippen MR) is 108 cm³/mol. The standard InChI is InChI=1S/C22H29N3O3/c1-22(23)10-4-3-7-18(22)21(26)25-14-16-8-9-19(20(12-16)27-2)28-15-17-6-5-11-24-13-17/h5-6,8-9,11-13,18H,3-4,7,10,14-15,23H2,1-2H3,(H,25,26). The number of nitrogens with one attached hydrogen (secondary N) is 1. The highest BCUT2D eigenvalue weighted by Gasteiger charge is 2.37. The van der Waals surface area contributed by atoms with Crippen molar-refractivity contribution in [3.63, 3.8) is 0 Å². The molecule has 28 heavy (non-hydrogen) atoms. The summed E-state index contributed by atoms with van der Waals surface area (Å²) in [6.45, 7) is 2.83. The lowest BCUT2D eigenvalue weighted by molar-refractivity contribution is -0.128. The fraction of sp³-hybridized carbons (Fsp3) is 0.455. The molecule has 1 aliphatic rings. The van der Waals surface area contributed by atoms with E-state index in [2.05, 4.69) is 10.3 Å². The van der Waals surface area contributed by atoms with E-state index in [1.54, 1.807) is 19.5 Å². The molecular weight excluding hydrogens is 354 g/mol. The van der Waals surface area contributed by atoms with Crippen LogP contribution in [-0.4, -0.2) is 23.5 Å². The van der Waals surface area contributed by atoms with Crippen LogP contribution in [0.4, 0.5) is 0 Å². The smallest absolute Gasteiger partial charge is 0.225 e. The van der Waals surface area contributed by atoms with Crippen LogP contribution in [0.3, 0.4) is 0 Å². The molecule has 3 N–H and O–H groups in total. The van der Waals surface area contributed by atoms with Crippen molar-refractivity contribution in [2.45, 2.75) is 51.3 Å². The first-order chi connectivity index (χ1) is 13.5. The Morgan fingerprint density at radius 3 is 2.86 bits per heavy atom. The lowest BCUT2D eigenvalue weighted by Crippen LogP contribution is -2.52. The minimum Gasteiger partial charge on any atom is -0.493 e. The highest BCUT2D eigenvalue weighted by molar-refractivity contribution is 5.80. The molecule has 2 aromatic rings. The van der Waals surface area contributed by atoms with Gasteiger partial charge in [-0.25, -0.2) is 0 Å². The molecule has 0 bridgehead atoms. The van der Waals surface area contributed by atoms with Gasteiger partial charge in [0, 0.05) is 30.0 Å². The Bertz CT molecular complexity index is 793. The molecule has 2 unspecified atom stereocenters. The van der Waals surface area contributed by atoms with Crippen LogP contribution in [0.2, 0.25) is 0 Å². The first-order valence-electron chi connectivity index (χ1n) is 9.75. The maximum absolute atomic E-state index is 12.6. The third-order valence-electron chi connectivity index (χ3n) is 5.38. The van der Waals surface area contributed by atoms with E-state index in [4.69, 9.17) is 15.2 Å². The number of amides is 1. The third-order valence-corrected chi connectivity index (χ3v) is 5.38. The van der Waals surface area contributed by atoms with Gasteiger partial charge in [-0.15, -0.1) is 0 Å². The van der Waals surface area contributed by atoms with Gasteiger partial charge in [-0.05, 0) is 43.5 Å². The van der Waals surface area contributed by atoms with Crippen molar-refractivity contribution < 1.29 is 14.3 Å². The number of carbonyl (C=O) groups is 1. The summed E-state index contributed by atoms with van der Waals surface area (Å²) in [6, 6.07) is 9.52. The quantitative estimate of drug-likeness (QED) is 0.767. The summed E-state index contributed by atoms with van der Waals surface area (Å²) in [5.41, 5.74) is 7.85. The van der Waals surface area contributed by atoms with E-state index in [9.17, 15) is 4.79 Å². The second-order valence-electron chi connectivity index (χ2n) is 7.66. The molecule has 1 fully saturated rings. The largest absolute Gasteiger partial charge is 0.493 e. The van der Waals surface area contributed by atoms with E-state index in [1.165, 1.54) is 0 Å². The molecule has 1 amide bonds. The lowest BCUT2D eigenvalue weighted by atomic mass is 9.74. The van der Waals surface area contributed by atoms with Crippen LogP contribution in [0.15, 0.2) is 42.7 Å². The van der Waals surface area contributed by atoms with Gasteiger partial charge in [-0.1, -0.05) is 25.0 Å². The molecule has 150 valence electrons. The van der Waals surface area contributed by atoms with E-state index < -0.39 is 5.54 Å². The number of nitrogens with zero attached hydrogens (tertiary/aromatic N) is 1. The second kappa shape index (κ2) is 9.06. The highest BCUT2D eigenvalue weighted by atomic mass is 16.5. The normalized spacial score (nSPS) is 21.8. The molecule has 1 aromatic carbocycles. The van der Waals surface area contributed by atoms with Gasteiger partial charge in [0.05, 0.1) is 13.0 Å². The van der Waals surface area contributed by atoms with Crippen molar-refractivity contribution in [2.24, 2.45) is 11.7 Å². The zero-order valence-corrected chi connectivity index (χ0v) is 16.6. The lowest BCUT2D eigenvalue weighted by Gasteiger charge is -2.37. The Morgan fingerprint density at radius 1 is 1.29 bits per heavy atom. The fourth-order valence-corrected chi connectivity index (χ4v) is 3.69. The fourth-order valence-electron chi connectivity index (χ4n) is 3.69. The van der Waals surface area contributed by atoms with Crippen molar-refractivity contribution in [3.8, 4) is 11.5 Å². The SMILES string of the molecule is COc1cc(CNC(=O)C2CCCCC2(C)N)ccc1OCc1cccnc1. The van der Waals surface area contributed by atoms with Crippen LogP contribution in [0.1, 0.15) is 43.7 Å². The first-order valence-corrected chi connectivity index (χ1v) is 9.75.